The number of rotatable bonds is 5. The fraction of sp³-hybridized carbons (Fsp3) is 0.500. The second-order valence-corrected chi connectivity index (χ2v) is 4.27. The maximum Gasteiger partial charge on any atom is 0.156 e. The topological polar surface area (TPSA) is 54.2 Å². The molecule has 0 bridgehead atoms. The fourth-order valence-corrected chi connectivity index (χ4v) is 1.88. The molecule has 0 radical (unpaired) electrons. The first-order valence-electron chi connectivity index (χ1n) is 5.82. The molecule has 2 heterocycles. The highest BCUT2D eigenvalue weighted by atomic mass is 16.2. The van der Waals surface area contributed by atoms with Gasteiger partial charge in [0.2, 0.25) is 0 Å². The summed E-state index contributed by atoms with van der Waals surface area (Å²) in [6, 6.07) is 1.98. The Labute approximate surface area is 101 Å². The SMILES string of the molecule is CN(C)c1nccc2c1ncn2CCCCO. The van der Waals surface area contributed by atoms with Crippen LogP contribution in [0.2, 0.25) is 0 Å². The molecule has 2 aromatic heterocycles. The molecule has 0 unspecified atom stereocenters. The third-order valence-corrected chi connectivity index (χ3v) is 2.75. The van der Waals surface area contributed by atoms with Gasteiger partial charge in [0.15, 0.2) is 5.82 Å². The van der Waals surface area contributed by atoms with Gasteiger partial charge in [0.25, 0.3) is 0 Å². The number of aliphatic hydroxyl groups is 1. The van der Waals surface area contributed by atoms with Crippen LogP contribution >= 0.6 is 0 Å². The van der Waals surface area contributed by atoms with Crippen LogP contribution in [-0.2, 0) is 6.54 Å². The van der Waals surface area contributed by atoms with Crippen LogP contribution in [0.4, 0.5) is 5.82 Å². The van der Waals surface area contributed by atoms with Crippen molar-refractivity contribution in [3.05, 3.63) is 18.6 Å². The fourth-order valence-electron chi connectivity index (χ4n) is 1.88. The second kappa shape index (κ2) is 5.14. The lowest BCUT2D eigenvalue weighted by molar-refractivity contribution is 0.281. The molecule has 5 nitrogen and oxygen atoms in total. The van der Waals surface area contributed by atoms with E-state index in [1.54, 1.807) is 0 Å². The van der Waals surface area contributed by atoms with Gasteiger partial charge in [0.1, 0.15) is 5.52 Å². The number of aliphatic hydroxyl groups excluding tert-OH is 1. The molecule has 0 saturated heterocycles. The minimum absolute atomic E-state index is 0.247. The van der Waals surface area contributed by atoms with E-state index in [1.807, 2.05) is 37.6 Å². The highest BCUT2D eigenvalue weighted by Crippen LogP contribution is 2.21. The monoisotopic (exact) mass is 234 g/mol. The summed E-state index contributed by atoms with van der Waals surface area (Å²) in [6.45, 7) is 1.13. The minimum Gasteiger partial charge on any atom is -0.396 e. The quantitative estimate of drug-likeness (QED) is 0.792. The molecule has 17 heavy (non-hydrogen) atoms. The first-order valence-corrected chi connectivity index (χ1v) is 5.82. The van der Waals surface area contributed by atoms with Crippen LogP contribution in [0.15, 0.2) is 18.6 Å². The van der Waals surface area contributed by atoms with Crippen molar-refractivity contribution in [1.29, 1.82) is 0 Å². The van der Waals surface area contributed by atoms with Crippen molar-refractivity contribution in [3.63, 3.8) is 0 Å². The first kappa shape index (κ1) is 11.9. The van der Waals surface area contributed by atoms with Crippen molar-refractivity contribution in [2.24, 2.45) is 0 Å². The maximum absolute atomic E-state index is 8.78. The van der Waals surface area contributed by atoms with E-state index in [2.05, 4.69) is 14.5 Å². The molecule has 0 aromatic carbocycles. The van der Waals surface area contributed by atoms with Gasteiger partial charge in [-0.25, -0.2) is 9.97 Å². The second-order valence-electron chi connectivity index (χ2n) is 4.27. The molecule has 5 heteroatoms. The molecule has 0 atom stereocenters. The van der Waals surface area contributed by atoms with Gasteiger partial charge in [-0.05, 0) is 18.9 Å². The molecule has 0 aliphatic carbocycles. The molecular weight excluding hydrogens is 216 g/mol. The summed E-state index contributed by atoms with van der Waals surface area (Å²) in [5, 5.41) is 8.78. The van der Waals surface area contributed by atoms with Gasteiger partial charge >= 0.3 is 0 Å². The average Bonchev–Trinajstić information content (AvgIpc) is 2.72. The van der Waals surface area contributed by atoms with Gasteiger partial charge in [-0.1, -0.05) is 0 Å². The lowest BCUT2D eigenvalue weighted by Gasteiger charge is -2.11. The van der Waals surface area contributed by atoms with E-state index in [-0.39, 0.29) is 6.61 Å². The largest absolute Gasteiger partial charge is 0.396 e. The molecule has 0 saturated carbocycles. The van der Waals surface area contributed by atoms with E-state index in [0.29, 0.717) is 0 Å². The number of aromatic nitrogens is 3. The van der Waals surface area contributed by atoms with Gasteiger partial charge in [0.05, 0.1) is 11.8 Å². The van der Waals surface area contributed by atoms with Gasteiger partial charge < -0.3 is 14.6 Å². The lowest BCUT2D eigenvalue weighted by Crippen LogP contribution is -2.11. The van der Waals surface area contributed by atoms with Crippen LogP contribution in [0.5, 0.6) is 0 Å². The van der Waals surface area contributed by atoms with E-state index < -0.39 is 0 Å². The highest BCUT2D eigenvalue weighted by Gasteiger charge is 2.09. The Bertz CT molecular complexity index is 492. The van der Waals surface area contributed by atoms with Crippen LogP contribution in [0.1, 0.15) is 12.8 Å². The van der Waals surface area contributed by atoms with Crippen molar-refractivity contribution >= 4 is 16.9 Å². The van der Waals surface area contributed by atoms with Crippen LogP contribution in [0.3, 0.4) is 0 Å². The van der Waals surface area contributed by atoms with Crippen molar-refractivity contribution in [1.82, 2.24) is 14.5 Å². The Kier molecular flexibility index (Phi) is 3.58. The smallest absolute Gasteiger partial charge is 0.156 e. The summed E-state index contributed by atoms with van der Waals surface area (Å²) < 4.78 is 2.11. The highest BCUT2D eigenvalue weighted by molar-refractivity contribution is 5.86. The van der Waals surface area contributed by atoms with Crippen LogP contribution < -0.4 is 4.90 Å². The lowest BCUT2D eigenvalue weighted by atomic mass is 10.3. The summed E-state index contributed by atoms with van der Waals surface area (Å²) in [5.41, 5.74) is 2.03. The molecule has 0 aliphatic rings. The standard InChI is InChI=1S/C12H18N4O/c1-15(2)12-11-10(5-6-13-12)16(9-14-11)7-3-4-8-17/h5-6,9,17H,3-4,7-8H2,1-2H3. The summed E-state index contributed by atoms with van der Waals surface area (Å²) >= 11 is 0. The predicted octanol–water partition coefficient (Wildman–Crippen LogP) is 1.27. The maximum atomic E-state index is 8.78. The van der Waals surface area contributed by atoms with Crippen molar-refractivity contribution in [2.75, 3.05) is 25.6 Å². The third kappa shape index (κ3) is 2.39. The molecule has 92 valence electrons. The number of fused-ring (bicyclic) bond motifs is 1. The molecular formula is C12H18N4O. The number of hydrogen-bond donors (Lipinski definition) is 1. The van der Waals surface area contributed by atoms with Crippen LogP contribution in [0, 0.1) is 0 Å². The molecule has 1 N–H and O–H groups in total. The van der Waals surface area contributed by atoms with Crippen molar-refractivity contribution in [2.45, 2.75) is 19.4 Å². The molecule has 0 amide bonds. The number of anilines is 1. The molecule has 2 rings (SSSR count). The number of pyridine rings is 1. The molecule has 2 aromatic rings. The summed E-state index contributed by atoms with van der Waals surface area (Å²) in [5.74, 6) is 0.892. The summed E-state index contributed by atoms with van der Waals surface area (Å²) in [7, 11) is 3.93. The van der Waals surface area contributed by atoms with Gasteiger partial charge in [-0.15, -0.1) is 0 Å². The zero-order valence-corrected chi connectivity index (χ0v) is 10.3. The first-order chi connectivity index (χ1) is 8.24. The molecule has 0 spiro atoms. The average molecular weight is 234 g/mol. The Morgan fingerprint density at radius 2 is 2.12 bits per heavy atom. The number of unbranched alkanes of at least 4 members (excludes halogenated alkanes) is 1. The third-order valence-electron chi connectivity index (χ3n) is 2.75. The van der Waals surface area contributed by atoms with E-state index in [4.69, 9.17) is 5.11 Å². The Morgan fingerprint density at radius 3 is 2.82 bits per heavy atom. The Balaban J connectivity index is 2.31. The van der Waals surface area contributed by atoms with E-state index in [1.165, 1.54) is 0 Å². The normalized spacial score (nSPS) is 11.0. The predicted molar refractivity (Wildman–Crippen MR) is 68.2 cm³/mol. The minimum atomic E-state index is 0.247. The van der Waals surface area contributed by atoms with Crippen LogP contribution in [0.25, 0.3) is 11.0 Å². The van der Waals surface area contributed by atoms with Gasteiger partial charge in [0, 0.05) is 33.4 Å². The van der Waals surface area contributed by atoms with Gasteiger partial charge in [-0.3, -0.25) is 0 Å². The van der Waals surface area contributed by atoms with E-state index in [9.17, 15) is 0 Å². The number of nitrogens with zero attached hydrogens (tertiary/aromatic N) is 4. The number of aryl methyl sites for hydroxylation is 1. The van der Waals surface area contributed by atoms with E-state index in [0.717, 1.165) is 36.2 Å². The zero-order valence-electron chi connectivity index (χ0n) is 10.3. The molecule has 0 fully saturated rings. The van der Waals surface area contributed by atoms with Gasteiger partial charge in [-0.2, -0.15) is 0 Å². The number of imidazole rings is 1. The van der Waals surface area contributed by atoms with Crippen molar-refractivity contribution in [3.8, 4) is 0 Å². The summed E-state index contributed by atoms with van der Waals surface area (Å²) in [4.78, 5) is 10.7. The van der Waals surface area contributed by atoms with E-state index >= 15 is 0 Å². The Hall–Kier alpha value is -1.62. The summed E-state index contributed by atoms with van der Waals surface area (Å²) in [6.07, 6.45) is 5.44. The van der Waals surface area contributed by atoms with Crippen LogP contribution in [-0.4, -0.2) is 40.3 Å². The molecule has 0 aliphatic heterocycles. The number of hydrogen-bond acceptors (Lipinski definition) is 4. The zero-order chi connectivity index (χ0) is 12.3. The van der Waals surface area contributed by atoms with Crippen molar-refractivity contribution < 1.29 is 5.11 Å². The Morgan fingerprint density at radius 1 is 1.29 bits per heavy atom.